The lowest BCUT2D eigenvalue weighted by atomic mass is 9.81. The summed E-state index contributed by atoms with van der Waals surface area (Å²) in [5.41, 5.74) is 24.3. The number of hydrogen-bond acceptors (Lipinski definition) is 1. The van der Waals surface area contributed by atoms with E-state index in [1.807, 2.05) is 0 Å². The van der Waals surface area contributed by atoms with Crippen molar-refractivity contribution in [3.63, 3.8) is 0 Å². The highest BCUT2D eigenvalue weighted by molar-refractivity contribution is 5.86. The molecule has 0 N–H and O–H groups in total. The number of nitrogens with zero attached hydrogens (tertiary/aromatic N) is 1. The van der Waals surface area contributed by atoms with Crippen LogP contribution < -0.4 is 4.90 Å². The van der Waals surface area contributed by atoms with Crippen molar-refractivity contribution in [2.24, 2.45) is 0 Å². The van der Waals surface area contributed by atoms with Crippen LogP contribution in [0.15, 0.2) is 212 Å². The molecule has 0 saturated heterocycles. The SMILES string of the molecule is CC1(C)c2ccccc2-c2ccc(-c3ccc(N(c4ccc(Cc5ccc(-c6ccccc6)cc5)cc4)c4ccc(-c5ccc6c(c5)C(C)(C)c5ccccc5-6)cc4)cc3)cc21. The van der Waals surface area contributed by atoms with E-state index < -0.39 is 0 Å². The summed E-state index contributed by atoms with van der Waals surface area (Å²) >= 11 is 0. The fourth-order valence-corrected chi connectivity index (χ4v) is 10.3. The molecule has 62 heavy (non-hydrogen) atoms. The van der Waals surface area contributed by atoms with Crippen molar-refractivity contribution in [2.45, 2.75) is 44.9 Å². The first-order chi connectivity index (χ1) is 30.2. The topological polar surface area (TPSA) is 3.24 Å². The molecule has 0 unspecified atom stereocenters. The average molecular weight is 796 g/mol. The van der Waals surface area contributed by atoms with E-state index in [4.69, 9.17) is 0 Å². The molecule has 0 fully saturated rings. The largest absolute Gasteiger partial charge is 0.311 e. The van der Waals surface area contributed by atoms with Crippen molar-refractivity contribution >= 4 is 17.1 Å². The fourth-order valence-electron chi connectivity index (χ4n) is 10.3. The molecule has 0 saturated carbocycles. The third kappa shape index (κ3) is 6.39. The molecular formula is C61H49N. The molecular weight excluding hydrogens is 747 g/mol. The third-order valence-electron chi connectivity index (χ3n) is 13.7. The van der Waals surface area contributed by atoms with Crippen LogP contribution in [0.4, 0.5) is 17.1 Å². The molecule has 0 heterocycles. The van der Waals surface area contributed by atoms with Crippen molar-refractivity contribution in [1.82, 2.24) is 0 Å². The van der Waals surface area contributed by atoms with E-state index in [1.54, 1.807) is 0 Å². The van der Waals surface area contributed by atoms with Gasteiger partial charge in [0, 0.05) is 27.9 Å². The molecule has 298 valence electrons. The lowest BCUT2D eigenvalue weighted by Gasteiger charge is -2.26. The Labute approximate surface area is 366 Å². The highest BCUT2D eigenvalue weighted by Gasteiger charge is 2.36. The molecule has 2 aliphatic rings. The molecule has 11 rings (SSSR count). The Bertz CT molecular complexity index is 2950. The van der Waals surface area contributed by atoms with Gasteiger partial charge in [-0.1, -0.05) is 191 Å². The summed E-state index contributed by atoms with van der Waals surface area (Å²) < 4.78 is 0. The summed E-state index contributed by atoms with van der Waals surface area (Å²) in [6.07, 6.45) is 0.879. The molecule has 0 spiro atoms. The number of rotatable bonds is 8. The summed E-state index contributed by atoms with van der Waals surface area (Å²) in [5, 5.41) is 0. The predicted octanol–water partition coefficient (Wildman–Crippen LogP) is 16.4. The molecule has 0 aliphatic heterocycles. The molecule has 9 aromatic carbocycles. The maximum Gasteiger partial charge on any atom is 0.0462 e. The van der Waals surface area contributed by atoms with Gasteiger partial charge in [-0.2, -0.15) is 0 Å². The molecule has 1 heteroatoms. The highest BCUT2D eigenvalue weighted by atomic mass is 15.1. The monoisotopic (exact) mass is 795 g/mol. The van der Waals surface area contributed by atoms with Gasteiger partial charge in [0.25, 0.3) is 0 Å². The van der Waals surface area contributed by atoms with Gasteiger partial charge in [0.1, 0.15) is 0 Å². The second-order valence-corrected chi connectivity index (χ2v) is 18.2. The van der Waals surface area contributed by atoms with Crippen molar-refractivity contribution in [1.29, 1.82) is 0 Å². The maximum absolute atomic E-state index is 2.41. The van der Waals surface area contributed by atoms with E-state index >= 15 is 0 Å². The van der Waals surface area contributed by atoms with Gasteiger partial charge in [-0.05, 0) is 144 Å². The molecule has 0 amide bonds. The Morgan fingerprint density at radius 1 is 0.290 bits per heavy atom. The van der Waals surface area contributed by atoms with Crippen LogP contribution in [0.1, 0.15) is 61.1 Å². The maximum atomic E-state index is 2.41. The van der Waals surface area contributed by atoms with Gasteiger partial charge in [0.15, 0.2) is 0 Å². The Hall–Kier alpha value is -7.22. The molecule has 1 nitrogen and oxygen atoms in total. The quantitative estimate of drug-likeness (QED) is 0.148. The highest BCUT2D eigenvalue weighted by Crippen LogP contribution is 2.51. The van der Waals surface area contributed by atoms with Crippen LogP contribution >= 0.6 is 0 Å². The minimum absolute atomic E-state index is 0.0381. The van der Waals surface area contributed by atoms with E-state index in [-0.39, 0.29) is 10.8 Å². The second-order valence-electron chi connectivity index (χ2n) is 18.2. The van der Waals surface area contributed by atoms with Crippen LogP contribution in [-0.2, 0) is 17.3 Å². The lowest BCUT2D eigenvalue weighted by molar-refractivity contribution is 0.660. The molecule has 0 atom stereocenters. The van der Waals surface area contributed by atoms with Gasteiger partial charge in [-0.3, -0.25) is 0 Å². The summed E-state index contributed by atoms with van der Waals surface area (Å²) in [6.45, 7) is 9.41. The minimum atomic E-state index is -0.0381. The summed E-state index contributed by atoms with van der Waals surface area (Å²) in [6, 6.07) is 78.7. The third-order valence-corrected chi connectivity index (χ3v) is 13.7. The van der Waals surface area contributed by atoms with Crippen molar-refractivity contribution in [3.05, 3.63) is 246 Å². The molecule has 2 aliphatic carbocycles. The van der Waals surface area contributed by atoms with Gasteiger partial charge in [0.2, 0.25) is 0 Å². The van der Waals surface area contributed by atoms with Gasteiger partial charge in [0.05, 0.1) is 0 Å². The predicted molar refractivity (Wildman–Crippen MR) is 262 cm³/mol. The van der Waals surface area contributed by atoms with Crippen LogP contribution in [0.5, 0.6) is 0 Å². The number of fused-ring (bicyclic) bond motifs is 6. The van der Waals surface area contributed by atoms with Crippen LogP contribution in [0, 0.1) is 0 Å². The summed E-state index contributed by atoms with van der Waals surface area (Å²) in [5.74, 6) is 0. The zero-order valence-electron chi connectivity index (χ0n) is 35.9. The molecule has 0 bridgehead atoms. The van der Waals surface area contributed by atoms with E-state index in [9.17, 15) is 0 Å². The Balaban J connectivity index is 0.914. The van der Waals surface area contributed by atoms with Gasteiger partial charge in [-0.15, -0.1) is 0 Å². The number of anilines is 3. The van der Waals surface area contributed by atoms with Gasteiger partial charge < -0.3 is 4.90 Å². The Kier molecular flexibility index (Phi) is 8.98. The second kappa shape index (κ2) is 14.8. The summed E-state index contributed by atoms with van der Waals surface area (Å²) in [4.78, 5) is 2.39. The van der Waals surface area contributed by atoms with Crippen molar-refractivity contribution in [3.8, 4) is 55.6 Å². The molecule has 0 aromatic heterocycles. The number of hydrogen-bond donors (Lipinski definition) is 0. The fraction of sp³-hybridized carbons (Fsp3) is 0.115. The van der Waals surface area contributed by atoms with E-state index in [0.717, 1.165) is 23.5 Å². The first-order valence-electron chi connectivity index (χ1n) is 22.0. The normalized spacial score (nSPS) is 13.8. The summed E-state index contributed by atoms with van der Waals surface area (Å²) in [7, 11) is 0. The van der Waals surface area contributed by atoms with Crippen LogP contribution in [0.25, 0.3) is 55.6 Å². The van der Waals surface area contributed by atoms with E-state index in [2.05, 4.69) is 245 Å². The van der Waals surface area contributed by atoms with Crippen LogP contribution in [-0.4, -0.2) is 0 Å². The van der Waals surface area contributed by atoms with Crippen LogP contribution in [0.3, 0.4) is 0 Å². The Morgan fingerprint density at radius 3 is 1.08 bits per heavy atom. The Morgan fingerprint density at radius 2 is 0.613 bits per heavy atom. The van der Waals surface area contributed by atoms with E-state index in [1.165, 1.54) is 89.0 Å². The standard InChI is InChI=1S/C61H49N/c1-60(2)56-16-10-8-14-52(56)54-36-28-47(39-58(54)60)45-24-32-50(33-25-45)62(49-30-20-42(21-31-49)38-41-18-22-44(23-19-41)43-12-6-5-7-13-43)51-34-26-46(27-35-51)48-29-37-55-53-15-9-11-17-57(53)61(3,4)59(55)40-48/h5-37,39-40H,38H2,1-4H3. The van der Waals surface area contributed by atoms with Crippen molar-refractivity contribution in [2.75, 3.05) is 4.90 Å². The minimum Gasteiger partial charge on any atom is -0.311 e. The first kappa shape index (κ1) is 37.8. The zero-order valence-corrected chi connectivity index (χ0v) is 35.9. The van der Waals surface area contributed by atoms with Gasteiger partial charge in [-0.25, -0.2) is 0 Å². The first-order valence-corrected chi connectivity index (χ1v) is 22.0. The zero-order chi connectivity index (χ0) is 42.0. The van der Waals surface area contributed by atoms with Crippen LogP contribution in [0.2, 0.25) is 0 Å². The lowest BCUT2D eigenvalue weighted by Crippen LogP contribution is -2.14. The smallest absolute Gasteiger partial charge is 0.0462 e. The van der Waals surface area contributed by atoms with Gasteiger partial charge >= 0.3 is 0 Å². The average Bonchev–Trinajstić information content (AvgIpc) is 3.69. The molecule has 9 aromatic rings. The van der Waals surface area contributed by atoms with E-state index in [0.29, 0.717) is 0 Å². The molecule has 0 radical (unpaired) electrons. The van der Waals surface area contributed by atoms with Crippen molar-refractivity contribution < 1.29 is 0 Å². The number of benzene rings is 9.